The van der Waals surface area contributed by atoms with E-state index in [-0.39, 0.29) is 6.42 Å². The summed E-state index contributed by atoms with van der Waals surface area (Å²) in [7, 11) is 0. The zero-order valence-electron chi connectivity index (χ0n) is 14.8. The van der Waals surface area contributed by atoms with Crippen molar-refractivity contribution < 1.29 is 29.3 Å². The van der Waals surface area contributed by atoms with Gasteiger partial charge in [-0.2, -0.15) is 0 Å². The number of aliphatic carboxylic acids is 2. The fourth-order valence-electron chi connectivity index (χ4n) is 2.33. The van der Waals surface area contributed by atoms with Gasteiger partial charge in [0.05, 0.1) is 5.92 Å². The van der Waals surface area contributed by atoms with E-state index in [9.17, 15) is 24.6 Å². The molecule has 0 fully saturated rings. The number of rotatable bonds is 10. The molecule has 6 nitrogen and oxygen atoms in total. The minimum absolute atomic E-state index is 0.156. The topological polar surface area (TPSA) is 101 Å². The van der Waals surface area contributed by atoms with Crippen molar-refractivity contribution >= 4 is 17.9 Å². The second-order valence-corrected chi connectivity index (χ2v) is 7.33. The van der Waals surface area contributed by atoms with E-state index in [1.807, 2.05) is 0 Å². The minimum Gasteiger partial charge on any atom is -0.481 e. The van der Waals surface area contributed by atoms with E-state index in [1.54, 1.807) is 20.8 Å². The van der Waals surface area contributed by atoms with Crippen LogP contribution in [0.25, 0.3) is 0 Å². The van der Waals surface area contributed by atoms with Crippen molar-refractivity contribution in [3.05, 3.63) is 0 Å². The number of carboxylic acids is 2. The Morgan fingerprint density at radius 1 is 0.913 bits per heavy atom. The third kappa shape index (κ3) is 9.21. The Hall–Kier alpha value is -1.59. The highest BCUT2D eigenvalue weighted by molar-refractivity contribution is 5.98. The second-order valence-electron chi connectivity index (χ2n) is 7.33. The second kappa shape index (κ2) is 9.53. The van der Waals surface area contributed by atoms with Gasteiger partial charge in [0.15, 0.2) is 5.92 Å². The molecule has 23 heavy (non-hydrogen) atoms. The number of hydrogen-bond donors (Lipinski definition) is 2. The fraction of sp³-hybridized carbons (Fsp3) is 0.824. The molecule has 0 rings (SSSR count). The van der Waals surface area contributed by atoms with E-state index >= 15 is 0 Å². The van der Waals surface area contributed by atoms with Crippen LogP contribution in [0, 0.1) is 17.8 Å². The molecular weight excluding hydrogens is 300 g/mol. The predicted molar refractivity (Wildman–Crippen MR) is 86.0 cm³/mol. The molecule has 0 spiro atoms. The van der Waals surface area contributed by atoms with Crippen molar-refractivity contribution in [1.29, 1.82) is 0 Å². The summed E-state index contributed by atoms with van der Waals surface area (Å²) in [6, 6.07) is 0. The summed E-state index contributed by atoms with van der Waals surface area (Å²) in [6.45, 7) is 9.08. The molecule has 0 aromatic rings. The van der Waals surface area contributed by atoms with E-state index in [1.165, 1.54) is 0 Å². The number of carboxylic acid groups (broad SMARTS) is 2. The van der Waals surface area contributed by atoms with Crippen LogP contribution in [0.3, 0.4) is 0 Å². The van der Waals surface area contributed by atoms with Gasteiger partial charge in [0.1, 0.15) is 5.60 Å². The summed E-state index contributed by atoms with van der Waals surface area (Å²) in [5, 5.41) is 18.6. The van der Waals surface area contributed by atoms with E-state index in [0.717, 1.165) is 19.3 Å². The molecule has 0 saturated carbocycles. The first-order valence-electron chi connectivity index (χ1n) is 8.14. The molecule has 0 aliphatic rings. The third-order valence-electron chi connectivity index (χ3n) is 3.44. The lowest BCUT2D eigenvalue weighted by Crippen LogP contribution is -2.40. The summed E-state index contributed by atoms with van der Waals surface area (Å²) < 4.78 is 5.07. The van der Waals surface area contributed by atoms with Gasteiger partial charge in [-0.05, 0) is 33.1 Å². The number of carbonyl (C=O) groups excluding carboxylic acids is 1. The Bertz CT molecular complexity index is 408. The van der Waals surface area contributed by atoms with Crippen LogP contribution in [0.2, 0.25) is 0 Å². The quantitative estimate of drug-likeness (QED) is 0.362. The summed E-state index contributed by atoms with van der Waals surface area (Å²) in [5.74, 6) is -6.06. The van der Waals surface area contributed by atoms with Gasteiger partial charge in [0, 0.05) is 0 Å². The van der Waals surface area contributed by atoms with Gasteiger partial charge in [0.25, 0.3) is 0 Å². The number of unbranched alkanes of at least 4 members (excludes halogenated alkanes) is 2. The molecule has 134 valence electrons. The number of carbonyl (C=O) groups is 3. The molecule has 0 heterocycles. The van der Waals surface area contributed by atoms with Gasteiger partial charge in [-0.25, -0.2) is 0 Å². The Balaban J connectivity index is 4.81. The number of hydrogen-bond acceptors (Lipinski definition) is 4. The van der Waals surface area contributed by atoms with Crippen LogP contribution in [0.5, 0.6) is 0 Å². The summed E-state index contributed by atoms with van der Waals surface area (Å²) in [4.78, 5) is 34.9. The molecule has 6 heteroatoms. The molecule has 0 aromatic heterocycles. The van der Waals surface area contributed by atoms with Crippen molar-refractivity contribution in [2.24, 2.45) is 17.8 Å². The third-order valence-corrected chi connectivity index (χ3v) is 3.44. The molecule has 0 radical (unpaired) electrons. The standard InChI is InChI=1S/C17H30O6/c1-11(2)9-7-6-8-10-12(14(18)19)13(15(20)21)16(22)23-17(3,4)5/h11-13H,6-10H2,1-5H3,(H,18,19)(H,20,21). The minimum atomic E-state index is -1.67. The molecular formula is C17H30O6. The monoisotopic (exact) mass is 330 g/mol. The summed E-state index contributed by atoms with van der Waals surface area (Å²) in [5.41, 5.74) is -0.856. The maximum atomic E-state index is 12.1. The number of esters is 1. The van der Waals surface area contributed by atoms with Crippen LogP contribution in [-0.2, 0) is 19.1 Å². The van der Waals surface area contributed by atoms with Crippen molar-refractivity contribution in [2.75, 3.05) is 0 Å². The summed E-state index contributed by atoms with van der Waals surface area (Å²) in [6.07, 6.45) is 3.57. The van der Waals surface area contributed by atoms with Crippen molar-refractivity contribution in [2.45, 2.75) is 72.3 Å². The number of ether oxygens (including phenoxy) is 1. The van der Waals surface area contributed by atoms with E-state index in [2.05, 4.69) is 13.8 Å². The average molecular weight is 330 g/mol. The van der Waals surface area contributed by atoms with Gasteiger partial charge >= 0.3 is 17.9 Å². The van der Waals surface area contributed by atoms with Gasteiger partial charge in [0.2, 0.25) is 0 Å². The van der Waals surface area contributed by atoms with Crippen LogP contribution in [-0.4, -0.2) is 33.7 Å². The van der Waals surface area contributed by atoms with Crippen molar-refractivity contribution in [3.8, 4) is 0 Å². The van der Waals surface area contributed by atoms with E-state index in [4.69, 9.17) is 4.74 Å². The SMILES string of the molecule is CC(C)CCCCCC(C(=O)O)C(C(=O)O)C(=O)OC(C)(C)C. The molecule has 0 bridgehead atoms. The van der Waals surface area contributed by atoms with Crippen LogP contribution in [0.15, 0.2) is 0 Å². The zero-order chi connectivity index (χ0) is 18.2. The van der Waals surface area contributed by atoms with Gasteiger partial charge in [-0.15, -0.1) is 0 Å². The Kier molecular flexibility index (Phi) is 8.87. The fourth-order valence-corrected chi connectivity index (χ4v) is 2.33. The first kappa shape index (κ1) is 21.4. The van der Waals surface area contributed by atoms with Crippen LogP contribution in [0.4, 0.5) is 0 Å². The summed E-state index contributed by atoms with van der Waals surface area (Å²) >= 11 is 0. The van der Waals surface area contributed by atoms with Gasteiger partial charge in [-0.1, -0.05) is 39.5 Å². The Labute approximate surface area is 138 Å². The molecule has 0 aliphatic heterocycles. The van der Waals surface area contributed by atoms with Gasteiger partial charge < -0.3 is 14.9 Å². The smallest absolute Gasteiger partial charge is 0.321 e. The molecule has 2 unspecified atom stereocenters. The maximum absolute atomic E-state index is 12.1. The zero-order valence-corrected chi connectivity index (χ0v) is 14.8. The Morgan fingerprint density at radius 3 is 1.83 bits per heavy atom. The molecule has 2 N–H and O–H groups in total. The lowest BCUT2D eigenvalue weighted by atomic mass is 9.87. The normalized spacial score (nSPS) is 14.3. The lowest BCUT2D eigenvalue weighted by molar-refractivity contribution is -0.174. The van der Waals surface area contributed by atoms with E-state index < -0.39 is 35.3 Å². The highest BCUT2D eigenvalue weighted by Crippen LogP contribution is 2.24. The first-order chi connectivity index (χ1) is 10.5. The average Bonchev–Trinajstić information content (AvgIpc) is 2.33. The van der Waals surface area contributed by atoms with Gasteiger partial charge in [-0.3, -0.25) is 14.4 Å². The van der Waals surface area contributed by atoms with Crippen molar-refractivity contribution in [1.82, 2.24) is 0 Å². The highest BCUT2D eigenvalue weighted by Gasteiger charge is 2.41. The molecule has 0 aliphatic carbocycles. The highest BCUT2D eigenvalue weighted by atomic mass is 16.6. The molecule has 0 aromatic carbocycles. The first-order valence-corrected chi connectivity index (χ1v) is 8.14. The molecule has 2 atom stereocenters. The van der Waals surface area contributed by atoms with Crippen LogP contribution in [0.1, 0.15) is 66.7 Å². The van der Waals surface area contributed by atoms with Crippen LogP contribution >= 0.6 is 0 Å². The Morgan fingerprint density at radius 2 is 1.43 bits per heavy atom. The molecule has 0 amide bonds. The molecule has 0 saturated heterocycles. The van der Waals surface area contributed by atoms with E-state index in [0.29, 0.717) is 12.3 Å². The lowest BCUT2D eigenvalue weighted by Gasteiger charge is -2.25. The maximum Gasteiger partial charge on any atom is 0.321 e. The largest absolute Gasteiger partial charge is 0.481 e. The predicted octanol–water partition coefficient (Wildman–Crippen LogP) is 3.34. The van der Waals surface area contributed by atoms with Crippen LogP contribution < -0.4 is 0 Å². The van der Waals surface area contributed by atoms with Crippen molar-refractivity contribution in [3.63, 3.8) is 0 Å².